The summed E-state index contributed by atoms with van der Waals surface area (Å²) in [6.45, 7) is 0.953. The van der Waals surface area contributed by atoms with Crippen molar-refractivity contribution in [1.82, 2.24) is 4.57 Å². The van der Waals surface area contributed by atoms with E-state index in [9.17, 15) is 0 Å². The second-order valence-corrected chi connectivity index (χ2v) is 5.63. The van der Waals surface area contributed by atoms with Crippen LogP contribution in [0.25, 0.3) is 5.69 Å². The Morgan fingerprint density at radius 1 is 0.913 bits per heavy atom. The Morgan fingerprint density at radius 3 is 2.83 bits per heavy atom. The Kier molecular flexibility index (Phi) is 2.58. The van der Waals surface area contributed by atoms with Crippen LogP contribution in [0.3, 0.4) is 0 Å². The minimum Gasteiger partial charge on any atom is -0.454 e. The summed E-state index contributed by atoms with van der Waals surface area (Å²) in [4.78, 5) is 4.87. The summed E-state index contributed by atoms with van der Waals surface area (Å²) in [5.41, 5.74) is 5.52. The van der Waals surface area contributed by atoms with Crippen molar-refractivity contribution in [2.24, 2.45) is 4.99 Å². The SMILES string of the molecule is c1ccc2c(c1)CN=C(c1ccc3c(c1)OCO3)c1cccn1-2. The van der Waals surface area contributed by atoms with Gasteiger partial charge in [-0.05, 0) is 42.0 Å². The van der Waals surface area contributed by atoms with Gasteiger partial charge in [-0.2, -0.15) is 0 Å². The molecule has 4 heteroatoms. The Hall–Kier alpha value is -3.01. The highest BCUT2D eigenvalue weighted by Crippen LogP contribution is 2.34. The van der Waals surface area contributed by atoms with Crippen LogP contribution in [-0.2, 0) is 6.54 Å². The quantitative estimate of drug-likeness (QED) is 0.689. The molecule has 2 aliphatic heterocycles. The average Bonchev–Trinajstić information content (AvgIpc) is 3.22. The number of rotatable bonds is 1. The fourth-order valence-corrected chi connectivity index (χ4v) is 3.19. The van der Waals surface area contributed by atoms with Crippen LogP contribution in [-0.4, -0.2) is 17.1 Å². The molecule has 0 saturated carbocycles. The zero-order valence-corrected chi connectivity index (χ0v) is 12.4. The zero-order valence-electron chi connectivity index (χ0n) is 12.4. The molecule has 4 nitrogen and oxygen atoms in total. The van der Waals surface area contributed by atoms with Crippen LogP contribution in [0.4, 0.5) is 0 Å². The molecule has 5 rings (SSSR count). The van der Waals surface area contributed by atoms with Crippen molar-refractivity contribution in [2.75, 3.05) is 6.79 Å². The van der Waals surface area contributed by atoms with E-state index >= 15 is 0 Å². The van der Waals surface area contributed by atoms with E-state index in [1.807, 2.05) is 18.2 Å². The van der Waals surface area contributed by atoms with Gasteiger partial charge in [0.15, 0.2) is 11.5 Å². The number of aliphatic imine (C=N–C) groups is 1. The molecule has 0 N–H and O–H groups in total. The number of hydrogen-bond acceptors (Lipinski definition) is 3. The fraction of sp³-hybridized carbons (Fsp3) is 0.105. The largest absolute Gasteiger partial charge is 0.454 e. The lowest BCUT2D eigenvalue weighted by Crippen LogP contribution is -2.08. The Labute approximate surface area is 133 Å². The molecule has 0 unspecified atom stereocenters. The average molecular weight is 302 g/mol. The Morgan fingerprint density at radius 2 is 1.83 bits per heavy atom. The Balaban J connectivity index is 1.69. The summed E-state index contributed by atoms with van der Waals surface area (Å²) in [5.74, 6) is 1.58. The van der Waals surface area contributed by atoms with Crippen molar-refractivity contribution in [3.05, 3.63) is 77.6 Å². The van der Waals surface area contributed by atoms with Gasteiger partial charge in [-0.1, -0.05) is 18.2 Å². The van der Waals surface area contributed by atoms with E-state index in [1.54, 1.807) is 0 Å². The second kappa shape index (κ2) is 4.74. The van der Waals surface area contributed by atoms with Gasteiger partial charge in [-0.3, -0.25) is 4.99 Å². The number of benzene rings is 2. The van der Waals surface area contributed by atoms with Crippen LogP contribution >= 0.6 is 0 Å². The molecule has 23 heavy (non-hydrogen) atoms. The van der Waals surface area contributed by atoms with Crippen molar-refractivity contribution in [3.8, 4) is 17.2 Å². The van der Waals surface area contributed by atoms with Crippen LogP contribution in [0.1, 0.15) is 16.8 Å². The first-order chi connectivity index (χ1) is 11.4. The van der Waals surface area contributed by atoms with E-state index in [1.165, 1.54) is 11.3 Å². The maximum absolute atomic E-state index is 5.51. The molecule has 0 spiro atoms. The monoisotopic (exact) mass is 302 g/mol. The molecular weight excluding hydrogens is 288 g/mol. The molecule has 2 aliphatic rings. The summed E-state index contributed by atoms with van der Waals surface area (Å²) in [6.07, 6.45) is 2.09. The van der Waals surface area contributed by atoms with E-state index in [0.29, 0.717) is 6.54 Å². The molecule has 0 fully saturated rings. The van der Waals surface area contributed by atoms with Crippen LogP contribution in [0.5, 0.6) is 11.5 Å². The molecular formula is C19H14N2O2. The Bertz CT molecular complexity index is 940. The second-order valence-electron chi connectivity index (χ2n) is 5.63. The molecule has 0 aliphatic carbocycles. The molecule has 0 saturated heterocycles. The van der Waals surface area contributed by atoms with Gasteiger partial charge in [-0.15, -0.1) is 0 Å². The first-order valence-corrected chi connectivity index (χ1v) is 7.61. The standard InChI is InChI=1S/C19H14N2O2/c1-2-5-15-14(4-1)11-20-19(16-6-3-9-21(15)16)13-7-8-17-18(10-13)23-12-22-17/h1-10H,11-12H2. The maximum atomic E-state index is 5.51. The number of aromatic nitrogens is 1. The van der Waals surface area contributed by atoms with E-state index in [0.717, 1.165) is 28.5 Å². The van der Waals surface area contributed by atoms with Gasteiger partial charge in [0, 0.05) is 11.8 Å². The maximum Gasteiger partial charge on any atom is 0.231 e. The highest BCUT2D eigenvalue weighted by Gasteiger charge is 2.20. The third-order valence-electron chi connectivity index (χ3n) is 4.30. The highest BCUT2D eigenvalue weighted by atomic mass is 16.7. The van der Waals surface area contributed by atoms with Gasteiger partial charge >= 0.3 is 0 Å². The van der Waals surface area contributed by atoms with E-state index in [-0.39, 0.29) is 6.79 Å². The number of ether oxygens (including phenoxy) is 2. The smallest absolute Gasteiger partial charge is 0.231 e. The summed E-state index contributed by atoms with van der Waals surface area (Å²) in [7, 11) is 0. The first-order valence-electron chi connectivity index (χ1n) is 7.61. The van der Waals surface area contributed by atoms with Crippen LogP contribution < -0.4 is 9.47 Å². The first kappa shape index (κ1) is 12.5. The third kappa shape index (κ3) is 1.88. The molecule has 0 atom stereocenters. The molecule has 1 aromatic heterocycles. The van der Waals surface area contributed by atoms with E-state index < -0.39 is 0 Å². The van der Waals surface area contributed by atoms with Crippen LogP contribution in [0.2, 0.25) is 0 Å². The molecule has 0 radical (unpaired) electrons. The van der Waals surface area contributed by atoms with Crippen molar-refractivity contribution < 1.29 is 9.47 Å². The summed E-state index contributed by atoms with van der Waals surface area (Å²) < 4.78 is 13.1. The van der Waals surface area contributed by atoms with Gasteiger partial charge in [0.1, 0.15) is 0 Å². The number of nitrogens with zero attached hydrogens (tertiary/aromatic N) is 2. The number of para-hydroxylation sites is 1. The highest BCUT2D eigenvalue weighted by molar-refractivity contribution is 6.13. The molecule has 0 amide bonds. The van der Waals surface area contributed by atoms with Gasteiger partial charge < -0.3 is 14.0 Å². The minimum atomic E-state index is 0.285. The van der Waals surface area contributed by atoms with Crippen LogP contribution in [0.15, 0.2) is 65.8 Å². The lowest BCUT2D eigenvalue weighted by atomic mass is 10.1. The minimum absolute atomic E-state index is 0.285. The van der Waals surface area contributed by atoms with Crippen molar-refractivity contribution >= 4 is 5.71 Å². The summed E-state index contributed by atoms with van der Waals surface area (Å²) in [6, 6.07) is 18.5. The fourth-order valence-electron chi connectivity index (χ4n) is 3.19. The van der Waals surface area contributed by atoms with E-state index in [4.69, 9.17) is 14.5 Å². The van der Waals surface area contributed by atoms with Crippen molar-refractivity contribution in [3.63, 3.8) is 0 Å². The van der Waals surface area contributed by atoms with Crippen molar-refractivity contribution in [2.45, 2.75) is 6.54 Å². The normalized spacial score (nSPS) is 14.7. The lowest BCUT2D eigenvalue weighted by Gasteiger charge is -2.11. The number of fused-ring (bicyclic) bond motifs is 4. The van der Waals surface area contributed by atoms with Crippen molar-refractivity contribution in [1.29, 1.82) is 0 Å². The van der Waals surface area contributed by atoms with Gasteiger partial charge in [-0.25, -0.2) is 0 Å². The number of hydrogen-bond donors (Lipinski definition) is 0. The molecule has 112 valence electrons. The topological polar surface area (TPSA) is 35.8 Å². The predicted molar refractivity (Wildman–Crippen MR) is 87.7 cm³/mol. The predicted octanol–water partition coefficient (Wildman–Crippen LogP) is 3.56. The summed E-state index contributed by atoms with van der Waals surface area (Å²) in [5, 5.41) is 0. The van der Waals surface area contributed by atoms with Gasteiger partial charge in [0.25, 0.3) is 0 Å². The lowest BCUT2D eigenvalue weighted by molar-refractivity contribution is 0.174. The summed E-state index contributed by atoms with van der Waals surface area (Å²) >= 11 is 0. The van der Waals surface area contributed by atoms with Gasteiger partial charge in [0.05, 0.1) is 23.6 Å². The molecule has 3 heterocycles. The zero-order chi connectivity index (χ0) is 15.2. The molecule has 0 bridgehead atoms. The molecule has 2 aromatic carbocycles. The molecule has 3 aromatic rings. The van der Waals surface area contributed by atoms with Gasteiger partial charge in [0.2, 0.25) is 6.79 Å². The van der Waals surface area contributed by atoms with Crippen LogP contribution in [0, 0.1) is 0 Å². The van der Waals surface area contributed by atoms with E-state index in [2.05, 4.69) is 47.2 Å². The third-order valence-corrected chi connectivity index (χ3v) is 4.30.